The van der Waals surface area contributed by atoms with Crippen molar-refractivity contribution in [2.75, 3.05) is 31.7 Å². The van der Waals surface area contributed by atoms with Crippen LogP contribution in [-0.2, 0) is 4.74 Å². The first kappa shape index (κ1) is 13.0. The molecule has 16 heavy (non-hydrogen) atoms. The first-order valence-electron chi connectivity index (χ1n) is 5.17. The molecule has 1 aromatic carbocycles. The number of rotatable bonds is 5. The van der Waals surface area contributed by atoms with Gasteiger partial charge in [-0.3, -0.25) is 0 Å². The number of nitriles is 1. The number of halogens is 1. The van der Waals surface area contributed by atoms with Crippen molar-refractivity contribution in [3.8, 4) is 6.07 Å². The molecule has 1 rings (SSSR count). The summed E-state index contributed by atoms with van der Waals surface area (Å²) in [5.41, 5.74) is 1.61. The first-order valence-corrected chi connectivity index (χ1v) is 5.97. The molecule has 0 aliphatic heterocycles. The summed E-state index contributed by atoms with van der Waals surface area (Å²) in [4.78, 5) is 2.03. The van der Waals surface area contributed by atoms with Crippen molar-refractivity contribution in [2.24, 2.45) is 0 Å². The number of ether oxygens (including phenoxy) is 1. The summed E-state index contributed by atoms with van der Waals surface area (Å²) in [6, 6.07) is 7.83. The lowest BCUT2D eigenvalue weighted by Crippen LogP contribution is -2.23. The molecule has 0 heterocycles. The Balaban J connectivity index is 2.77. The van der Waals surface area contributed by atoms with Gasteiger partial charge in [0.2, 0.25) is 0 Å². The fourth-order valence-electron chi connectivity index (χ4n) is 1.38. The molecule has 0 saturated carbocycles. The van der Waals surface area contributed by atoms with E-state index in [2.05, 4.69) is 22.0 Å². The van der Waals surface area contributed by atoms with Crippen LogP contribution in [-0.4, -0.2) is 26.8 Å². The SMILES string of the molecule is CCOCCN(C)c1cc(Br)ccc1C#N. The molecule has 0 N–H and O–H groups in total. The number of likely N-dealkylation sites (N-methyl/N-ethyl adjacent to an activating group) is 1. The topological polar surface area (TPSA) is 36.3 Å². The summed E-state index contributed by atoms with van der Waals surface area (Å²) in [5.74, 6) is 0. The lowest BCUT2D eigenvalue weighted by Gasteiger charge is -2.20. The maximum Gasteiger partial charge on any atom is 0.101 e. The molecule has 0 unspecified atom stereocenters. The van der Waals surface area contributed by atoms with Crippen molar-refractivity contribution < 1.29 is 4.74 Å². The third kappa shape index (κ3) is 3.51. The van der Waals surface area contributed by atoms with Crippen LogP contribution in [0, 0.1) is 11.3 Å². The van der Waals surface area contributed by atoms with Crippen molar-refractivity contribution in [1.29, 1.82) is 5.26 Å². The molecule has 4 heteroatoms. The molecular weight excluding hydrogens is 268 g/mol. The van der Waals surface area contributed by atoms with Crippen molar-refractivity contribution in [3.05, 3.63) is 28.2 Å². The van der Waals surface area contributed by atoms with Gasteiger partial charge in [-0.15, -0.1) is 0 Å². The Kier molecular flexibility index (Phi) is 5.30. The third-order valence-electron chi connectivity index (χ3n) is 2.27. The molecule has 0 spiro atoms. The van der Waals surface area contributed by atoms with Gasteiger partial charge in [-0.05, 0) is 25.1 Å². The zero-order valence-electron chi connectivity index (χ0n) is 9.53. The van der Waals surface area contributed by atoms with Crippen molar-refractivity contribution in [1.82, 2.24) is 0 Å². The molecule has 0 bridgehead atoms. The van der Waals surface area contributed by atoms with E-state index in [1.165, 1.54) is 0 Å². The summed E-state index contributed by atoms with van der Waals surface area (Å²) in [6.45, 7) is 4.14. The van der Waals surface area contributed by atoms with Crippen molar-refractivity contribution in [2.45, 2.75) is 6.92 Å². The van der Waals surface area contributed by atoms with Crippen LogP contribution in [0.4, 0.5) is 5.69 Å². The van der Waals surface area contributed by atoms with Crippen LogP contribution in [0.15, 0.2) is 22.7 Å². The summed E-state index contributed by atoms with van der Waals surface area (Å²) in [7, 11) is 1.96. The van der Waals surface area contributed by atoms with E-state index in [0.717, 1.165) is 23.3 Å². The quantitative estimate of drug-likeness (QED) is 0.780. The van der Waals surface area contributed by atoms with Crippen LogP contribution in [0.1, 0.15) is 12.5 Å². The van der Waals surface area contributed by atoms with Gasteiger partial charge in [0.05, 0.1) is 17.9 Å². The number of anilines is 1. The predicted molar refractivity (Wildman–Crippen MR) is 68.6 cm³/mol. The molecule has 0 saturated heterocycles. The van der Waals surface area contributed by atoms with Crippen molar-refractivity contribution in [3.63, 3.8) is 0 Å². The molecule has 0 aliphatic carbocycles. The van der Waals surface area contributed by atoms with Gasteiger partial charge < -0.3 is 9.64 Å². The fourth-order valence-corrected chi connectivity index (χ4v) is 1.73. The molecule has 1 aromatic rings. The molecule has 86 valence electrons. The lowest BCUT2D eigenvalue weighted by atomic mass is 10.2. The highest BCUT2D eigenvalue weighted by Gasteiger charge is 2.07. The van der Waals surface area contributed by atoms with Gasteiger partial charge in [-0.2, -0.15) is 5.26 Å². The minimum absolute atomic E-state index is 0.671. The predicted octanol–water partition coefficient (Wildman–Crippen LogP) is 2.79. The molecule has 0 atom stereocenters. The highest BCUT2D eigenvalue weighted by molar-refractivity contribution is 9.10. The fraction of sp³-hybridized carbons (Fsp3) is 0.417. The Bertz CT molecular complexity index is 387. The minimum atomic E-state index is 0.671. The van der Waals surface area contributed by atoms with E-state index in [0.29, 0.717) is 12.2 Å². The average Bonchev–Trinajstić information content (AvgIpc) is 2.29. The second kappa shape index (κ2) is 6.51. The van der Waals surface area contributed by atoms with Crippen LogP contribution >= 0.6 is 15.9 Å². The summed E-state index contributed by atoms with van der Waals surface area (Å²) >= 11 is 3.41. The van der Waals surface area contributed by atoms with E-state index in [9.17, 15) is 0 Å². The largest absolute Gasteiger partial charge is 0.380 e. The number of hydrogen-bond acceptors (Lipinski definition) is 3. The molecule has 0 aromatic heterocycles. The Morgan fingerprint density at radius 3 is 2.88 bits per heavy atom. The monoisotopic (exact) mass is 282 g/mol. The smallest absolute Gasteiger partial charge is 0.101 e. The summed E-state index contributed by atoms with van der Waals surface area (Å²) < 4.78 is 6.27. The molecular formula is C12H15BrN2O. The lowest BCUT2D eigenvalue weighted by molar-refractivity contribution is 0.154. The van der Waals surface area contributed by atoms with Crippen LogP contribution in [0.3, 0.4) is 0 Å². The Hall–Kier alpha value is -1.05. The second-order valence-electron chi connectivity index (χ2n) is 3.39. The van der Waals surface area contributed by atoms with E-state index in [-0.39, 0.29) is 0 Å². The maximum absolute atomic E-state index is 9.01. The van der Waals surface area contributed by atoms with Gasteiger partial charge >= 0.3 is 0 Å². The van der Waals surface area contributed by atoms with E-state index in [4.69, 9.17) is 10.00 Å². The number of nitrogens with zero attached hydrogens (tertiary/aromatic N) is 2. The van der Waals surface area contributed by atoms with Gasteiger partial charge in [-0.25, -0.2) is 0 Å². The Morgan fingerprint density at radius 2 is 2.25 bits per heavy atom. The van der Waals surface area contributed by atoms with Gasteiger partial charge in [0.25, 0.3) is 0 Å². The molecule has 0 amide bonds. The Labute approximate surface area is 105 Å². The maximum atomic E-state index is 9.01. The zero-order chi connectivity index (χ0) is 12.0. The van der Waals surface area contributed by atoms with Crippen LogP contribution in [0.5, 0.6) is 0 Å². The van der Waals surface area contributed by atoms with E-state index in [1.54, 1.807) is 0 Å². The van der Waals surface area contributed by atoms with E-state index >= 15 is 0 Å². The van der Waals surface area contributed by atoms with Gasteiger partial charge in [0, 0.05) is 24.7 Å². The summed E-state index contributed by atoms with van der Waals surface area (Å²) in [5, 5.41) is 9.01. The van der Waals surface area contributed by atoms with Gasteiger partial charge in [0.15, 0.2) is 0 Å². The average molecular weight is 283 g/mol. The number of benzene rings is 1. The van der Waals surface area contributed by atoms with Crippen LogP contribution in [0.25, 0.3) is 0 Å². The normalized spacial score (nSPS) is 9.88. The highest BCUT2D eigenvalue weighted by Crippen LogP contribution is 2.23. The molecule has 0 aliphatic rings. The highest BCUT2D eigenvalue weighted by atomic mass is 79.9. The van der Waals surface area contributed by atoms with Gasteiger partial charge in [0.1, 0.15) is 6.07 Å². The van der Waals surface area contributed by atoms with Crippen LogP contribution < -0.4 is 4.90 Å². The van der Waals surface area contributed by atoms with E-state index in [1.807, 2.05) is 37.1 Å². The third-order valence-corrected chi connectivity index (χ3v) is 2.76. The van der Waals surface area contributed by atoms with Crippen LogP contribution in [0.2, 0.25) is 0 Å². The standard InChI is InChI=1S/C12H15BrN2O/c1-3-16-7-6-15(2)12-8-11(13)5-4-10(12)9-14/h4-5,8H,3,6-7H2,1-2H3. The molecule has 0 radical (unpaired) electrons. The summed E-state index contributed by atoms with van der Waals surface area (Å²) in [6.07, 6.45) is 0. The zero-order valence-corrected chi connectivity index (χ0v) is 11.1. The Morgan fingerprint density at radius 1 is 1.50 bits per heavy atom. The van der Waals surface area contributed by atoms with Crippen molar-refractivity contribution >= 4 is 21.6 Å². The van der Waals surface area contributed by atoms with Gasteiger partial charge in [-0.1, -0.05) is 15.9 Å². The first-order chi connectivity index (χ1) is 7.69. The minimum Gasteiger partial charge on any atom is -0.380 e. The second-order valence-corrected chi connectivity index (χ2v) is 4.31. The number of hydrogen-bond donors (Lipinski definition) is 0. The molecule has 3 nitrogen and oxygen atoms in total. The van der Waals surface area contributed by atoms with E-state index < -0.39 is 0 Å². The molecule has 0 fully saturated rings.